The molecule has 1 aromatic rings. The van der Waals surface area contributed by atoms with Gasteiger partial charge in [0, 0.05) is 17.0 Å². The second kappa shape index (κ2) is 5.40. The summed E-state index contributed by atoms with van der Waals surface area (Å²) in [5, 5.41) is 0. The second-order valence-corrected chi connectivity index (χ2v) is 8.32. The molecule has 0 saturated heterocycles. The number of nitrogen functional groups attached to an aromatic ring is 1. The molecular formula is C12H16BrNO3S. The second-order valence-electron chi connectivity index (χ2n) is 3.94. The topological polar surface area (TPSA) is 77.2 Å². The van der Waals surface area contributed by atoms with Crippen molar-refractivity contribution in [3.05, 3.63) is 29.8 Å². The Kier molecular flexibility index (Phi) is 4.55. The highest BCUT2D eigenvalue weighted by atomic mass is 79.9. The molecular weight excluding hydrogens is 318 g/mol. The summed E-state index contributed by atoms with van der Waals surface area (Å²) in [4.78, 5) is 12.3. The zero-order valence-corrected chi connectivity index (χ0v) is 12.7. The quantitative estimate of drug-likeness (QED) is 0.509. The number of rotatable bonds is 5. The van der Waals surface area contributed by atoms with Gasteiger partial charge in [0.25, 0.3) is 0 Å². The van der Waals surface area contributed by atoms with E-state index in [9.17, 15) is 13.2 Å². The van der Waals surface area contributed by atoms with Crippen LogP contribution in [0, 0.1) is 0 Å². The Morgan fingerprint density at radius 3 is 2.17 bits per heavy atom. The molecule has 0 fully saturated rings. The van der Waals surface area contributed by atoms with Crippen molar-refractivity contribution in [3.8, 4) is 0 Å². The van der Waals surface area contributed by atoms with Crippen LogP contribution in [0.2, 0.25) is 0 Å². The third-order valence-corrected chi connectivity index (χ3v) is 7.46. The number of nitrogens with two attached hydrogens (primary N) is 1. The number of benzene rings is 1. The molecule has 6 heteroatoms. The van der Waals surface area contributed by atoms with E-state index in [-0.39, 0.29) is 12.2 Å². The summed E-state index contributed by atoms with van der Waals surface area (Å²) in [7, 11) is -3.53. The standard InChI is InChI=1S/C12H16BrNO3S/c1-3-12(13,18(16,17)4-2)11(15)9-5-7-10(14)8-6-9/h5-8H,3-4,14H2,1-2H3/t12-/m0/s1. The minimum Gasteiger partial charge on any atom is -0.399 e. The van der Waals surface area contributed by atoms with Gasteiger partial charge in [-0.1, -0.05) is 29.8 Å². The molecule has 0 unspecified atom stereocenters. The molecule has 0 radical (unpaired) electrons. The van der Waals surface area contributed by atoms with Crippen LogP contribution >= 0.6 is 15.9 Å². The summed E-state index contributed by atoms with van der Waals surface area (Å²) in [5.74, 6) is -0.542. The first kappa shape index (κ1) is 15.2. The van der Waals surface area contributed by atoms with Crippen molar-refractivity contribution in [1.82, 2.24) is 0 Å². The highest BCUT2D eigenvalue weighted by molar-refractivity contribution is 9.12. The van der Waals surface area contributed by atoms with Crippen LogP contribution < -0.4 is 5.73 Å². The van der Waals surface area contributed by atoms with Gasteiger partial charge in [-0.3, -0.25) is 4.79 Å². The van der Waals surface area contributed by atoms with Crippen LogP contribution in [-0.2, 0) is 9.84 Å². The molecule has 2 N–H and O–H groups in total. The fourth-order valence-corrected chi connectivity index (χ4v) is 3.81. The lowest BCUT2D eigenvalue weighted by molar-refractivity contribution is 0.0976. The molecule has 100 valence electrons. The van der Waals surface area contributed by atoms with Gasteiger partial charge in [0.2, 0.25) is 0 Å². The van der Waals surface area contributed by atoms with Gasteiger partial charge in [-0.05, 0) is 30.7 Å². The van der Waals surface area contributed by atoms with Crippen molar-refractivity contribution in [2.45, 2.75) is 23.9 Å². The van der Waals surface area contributed by atoms with Crippen LogP contribution in [0.1, 0.15) is 30.6 Å². The van der Waals surface area contributed by atoms with Gasteiger partial charge in [0.05, 0.1) is 0 Å². The van der Waals surface area contributed by atoms with Crippen LogP contribution in [0.3, 0.4) is 0 Å². The Labute approximate surface area is 116 Å². The largest absolute Gasteiger partial charge is 0.399 e. The highest BCUT2D eigenvalue weighted by Crippen LogP contribution is 2.34. The van der Waals surface area contributed by atoms with Crippen LogP contribution in [0.25, 0.3) is 0 Å². The first-order chi connectivity index (χ1) is 8.28. The van der Waals surface area contributed by atoms with Crippen molar-refractivity contribution in [1.29, 1.82) is 0 Å². The molecule has 1 aromatic carbocycles. The molecule has 0 heterocycles. The number of halogens is 1. The fraction of sp³-hybridized carbons (Fsp3) is 0.417. The number of hydrogen-bond donors (Lipinski definition) is 1. The Hall–Kier alpha value is -0.880. The van der Waals surface area contributed by atoms with E-state index >= 15 is 0 Å². The molecule has 0 aliphatic heterocycles. The third-order valence-electron chi connectivity index (χ3n) is 2.84. The zero-order valence-electron chi connectivity index (χ0n) is 10.3. The first-order valence-electron chi connectivity index (χ1n) is 5.60. The summed E-state index contributed by atoms with van der Waals surface area (Å²) in [6.45, 7) is 3.19. The van der Waals surface area contributed by atoms with E-state index in [0.29, 0.717) is 11.3 Å². The molecule has 0 bridgehead atoms. The number of carbonyl (C=O) groups excluding carboxylic acids is 1. The minimum absolute atomic E-state index is 0.0905. The number of carbonyl (C=O) groups is 1. The van der Waals surface area contributed by atoms with Crippen LogP contribution in [0.15, 0.2) is 24.3 Å². The predicted octanol–water partition coefficient (Wildman–Crippen LogP) is 2.39. The van der Waals surface area contributed by atoms with E-state index in [4.69, 9.17) is 5.73 Å². The van der Waals surface area contributed by atoms with E-state index in [1.165, 1.54) is 19.1 Å². The number of ketones is 1. The normalized spacial score (nSPS) is 15.1. The maximum absolute atomic E-state index is 12.3. The van der Waals surface area contributed by atoms with Crippen LogP contribution in [0.5, 0.6) is 0 Å². The maximum Gasteiger partial charge on any atom is 0.194 e. The molecule has 0 amide bonds. The Morgan fingerprint density at radius 1 is 1.28 bits per heavy atom. The lowest BCUT2D eigenvalue weighted by Gasteiger charge is -2.24. The van der Waals surface area contributed by atoms with E-state index in [2.05, 4.69) is 15.9 Å². The maximum atomic E-state index is 12.3. The Balaban J connectivity index is 3.26. The smallest absolute Gasteiger partial charge is 0.194 e. The first-order valence-corrected chi connectivity index (χ1v) is 8.04. The average molecular weight is 334 g/mol. The number of sulfone groups is 1. The molecule has 1 rings (SSSR count). The molecule has 0 aliphatic rings. The zero-order chi connectivity index (χ0) is 14.0. The summed E-state index contributed by atoms with van der Waals surface area (Å²) in [6.07, 6.45) is 0.173. The molecule has 0 spiro atoms. The molecule has 4 nitrogen and oxygen atoms in total. The van der Waals surface area contributed by atoms with Gasteiger partial charge in [-0.25, -0.2) is 8.42 Å². The molecule has 0 aliphatic carbocycles. The minimum atomic E-state index is -3.53. The van der Waals surface area contributed by atoms with Crippen molar-refractivity contribution < 1.29 is 13.2 Å². The van der Waals surface area contributed by atoms with Crippen molar-refractivity contribution >= 4 is 37.2 Å². The number of Topliss-reactive ketones (excluding diaryl/α,β-unsaturated/α-hetero) is 1. The van der Waals surface area contributed by atoms with Crippen molar-refractivity contribution in [3.63, 3.8) is 0 Å². The Morgan fingerprint density at radius 2 is 1.78 bits per heavy atom. The fourth-order valence-electron chi connectivity index (χ4n) is 1.60. The van der Waals surface area contributed by atoms with Crippen molar-refractivity contribution in [2.24, 2.45) is 0 Å². The highest BCUT2D eigenvalue weighted by Gasteiger charge is 2.45. The number of hydrogen-bond acceptors (Lipinski definition) is 4. The SMILES string of the molecule is CC[C@@](Br)(C(=O)c1ccc(N)cc1)S(=O)(=O)CC. The van der Waals surface area contributed by atoms with E-state index in [0.717, 1.165) is 0 Å². The lowest BCUT2D eigenvalue weighted by atomic mass is 10.1. The number of anilines is 1. The molecule has 1 atom stereocenters. The summed E-state index contributed by atoms with van der Waals surface area (Å²) < 4.78 is 22.5. The molecule has 0 aromatic heterocycles. The molecule has 18 heavy (non-hydrogen) atoms. The van der Waals surface area contributed by atoms with Crippen LogP contribution in [-0.4, -0.2) is 23.6 Å². The predicted molar refractivity (Wildman–Crippen MR) is 76.6 cm³/mol. The van der Waals surface area contributed by atoms with Gasteiger partial charge in [-0.15, -0.1) is 0 Å². The monoisotopic (exact) mass is 333 g/mol. The lowest BCUT2D eigenvalue weighted by Crippen LogP contribution is -2.41. The van der Waals surface area contributed by atoms with Crippen molar-refractivity contribution in [2.75, 3.05) is 11.5 Å². The summed E-state index contributed by atoms with van der Waals surface area (Å²) >= 11 is 3.12. The van der Waals surface area contributed by atoms with E-state index in [1.54, 1.807) is 19.1 Å². The van der Waals surface area contributed by atoms with Gasteiger partial charge < -0.3 is 5.73 Å². The van der Waals surface area contributed by atoms with Gasteiger partial charge in [0.1, 0.15) is 0 Å². The summed E-state index contributed by atoms with van der Waals surface area (Å²) in [5.41, 5.74) is 6.40. The van der Waals surface area contributed by atoms with E-state index in [1.807, 2.05) is 0 Å². The van der Waals surface area contributed by atoms with Gasteiger partial charge in [-0.2, -0.15) is 0 Å². The molecule has 0 saturated carbocycles. The average Bonchev–Trinajstić information content (AvgIpc) is 2.37. The number of alkyl halides is 1. The summed E-state index contributed by atoms with van der Waals surface area (Å²) in [6, 6.07) is 6.23. The Bertz CT molecular complexity index is 539. The third kappa shape index (κ3) is 2.59. The van der Waals surface area contributed by atoms with Gasteiger partial charge >= 0.3 is 0 Å². The van der Waals surface area contributed by atoms with E-state index < -0.39 is 19.3 Å². The van der Waals surface area contributed by atoms with Gasteiger partial charge in [0.15, 0.2) is 19.3 Å². The van der Waals surface area contributed by atoms with Crippen LogP contribution in [0.4, 0.5) is 5.69 Å².